The third-order valence-corrected chi connectivity index (χ3v) is 3.95. The molecule has 118 valence electrons. The molecule has 0 aromatic heterocycles. The minimum absolute atomic E-state index is 0.137. The quantitative estimate of drug-likeness (QED) is 0.947. The molecule has 2 aromatic rings. The largest absolute Gasteiger partial charge is 0.327 e. The first-order chi connectivity index (χ1) is 11.1. The van der Waals surface area contributed by atoms with Crippen molar-refractivity contribution in [2.24, 2.45) is 0 Å². The van der Waals surface area contributed by atoms with E-state index >= 15 is 0 Å². The second-order valence-corrected chi connectivity index (χ2v) is 5.52. The first-order valence-corrected chi connectivity index (χ1v) is 7.57. The monoisotopic (exact) mass is 312 g/mol. The van der Waals surface area contributed by atoms with Crippen LogP contribution >= 0.6 is 0 Å². The Morgan fingerprint density at radius 2 is 1.74 bits per heavy atom. The van der Waals surface area contributed by atoms with E-state index in [0.717, 1.165) is 6.42 Å². The highest BCUT2D eigenvalue weighted by Crippen LogP contribution is 2.22. The average molecular weight is 312 g/mol. The van der Waals surface area contributed by atoms with Crippen LogP contribution in [0.2, 0.25) is 0 Å². The van der Waals surface area contributed by atoms with Crippen molar-refractivity contribution < 1.29 is 14.0 Å². The van der Waals surface area contributed by atoms with E-state index in [4.69, 9.17) is 0 Å². The lowest BCUT2D eigenvalue weighted by Crippen LogP contribution is -2.43. The summed E-state index contributed by atoms with van der Waals surface area (Å²) in [6.07, 6.45) is 1.42. The van der Waals surface area contributed by atoms with Crippen LogP contribution in [0.25, 0.3) is 0 Å². The van der Waals surface area contributed by atoms with Gasteiger partial charge in [-0.1, -0.05) is 18.2 Å². The fourth-order valence-corrected chi connectivity index (χ4v) is 2.79. The predicted molar refractivity (Wildman–Crippen MR) is 85.5 cm³/mol. The van der Waals surface area contributed by atoms with Gasteiger partial charge < -0.3 is 10.2 Å². The number of hydrogen-bond acceptors (Lipinski definition) is 2. The summed E-state index contributed by atoms with van der Waals surface area (Å²) in [4.78, 5) is 26.6. The summed E-state index contributed by atoms with van der Waals surface area (Å²) in [5.41, 5.74) is 1.10. The normalized spacial score (nSPS) is 17.1. The van der Waals surface area contributed by atoms with Crippen LogP contribution in [0, 0.1) is 5.82 Å². The molecule has 3 rings (SSSR count). The Hall–Kier alpha value is -2.69. The zero-order chi connectivity index (χ0) is 16.2. The van der Waals surface area contributed by atoms with Gasteiger partial charge in [0, 0.05) is 17.8 Å². The summed E-state index contributed by atoms with van der Waals surface area (Å²) in [5.74, 6) is -0.731. The number of amides is 2. The van der Waals surface area contributed by atoms with Gasteiger partial charge in [0.15, 0.2) is 0 Å². The van der Waals surface area contributed by atoms with Crippen molar-refractivity contribution in [1.29, 1.82) is 0 Å². The van der Waals surface area contributed by atoms with Crippen LogP contribution in [0.3, 0.4) is 0 Å². The van der Waals surface area contributed by atoms with Crippen molar-refractivity contribution in [2.45, 2.75) is 18.9 Å². The highest BCUT2D eigenvalue weighted by Gasteiger charge is 2.34. The maximum Gasteiger partial charge on any atom is 0.254 e. The number of nitrogens with zero attached hydrogens (tertiary/aromatic N) is 1. The summed E-state index contributed by atoms with van der Waals surface area (Å²) in [6, 6.07) is 14.0. The highest BCUT2D eigenvalue weighted by molar-refractivity contribution is 6.01. The van der Waals surface area contributed by atoms with E-state index < -0.39 is 6.04 Å². The summed E-state index contributed by atoms with van der Waals surface area (Å²) >= 11 is 0. The minimum atomic E-state index is -0.493. The van der Waals surface area contributed by atoms with Crippen molar-refractivity contribution >= 4 is 17.5 Å². The molecule has 0 spiro atoms. The van der Waals surface area contributed by atoms with E-state index in [0.29, 0.717) is 24.2 Å². The number of carbonyl (C=O) groups is 2. The van der Waals surface area contributed by atoms with Crippen molar-refractivity contribution in [3.8, 4) is 0 Å². The van der Waals surface area contributed by atoms with Crippen molar-refractivity contribution in [3.63, 3.8) is 0 Å². The number of rotatable bonds is 3. The Kier molecular flexibility index (Phi) is 4.37. The van der Waals surface area contributed by atoms with Gasteiger partial charge in [0.25, 0.3) is 5.91 Å². The number of likely N-dealkylation sites (tertiary alicyclic amines) is 1. The van der Waals surface area contributed by atoms with Gasteiger partial charge in [-0.05, 0) is 49.2 Å². The van der Waals surface area contributed by atoms with E-state index in [2.05, 4.69) is 5.32 Å². The molecule has 1 heterocycles. The molecule has 0 saturated carbocycles. The maximum absolute atomic E-state index is 12.9. The fourth-order valence-electron chi connectivity index (χ4n) is 2.79. The van der Waals surface area contributed by atoms with Crippen LogP contribution in [0.15, 0.2) is 54.6 Å². The van der Waals surface area contributed by atoms with Crippen LogP contribution in [-0.4, -0.2) is 29.3 Å². The number of hydrogen-bond donors (Lipinski definition) is 1. The summed E-state index contributed by atoms with van der Waals surface area (Å²) in [7, 11) is 0. The molecule has 2 amide bonds. The van der Waals surface area contributed by atoms with Crippen molar-refractivity contribution in [2.75, 3.05) is 11.9 Å². The maximum atomic E-state index is 12.9. The highest BCUT2D eigenvalue weighted by atomic mass is 19.1. The molecule has 4 nitrogen and oxygen atoms in total. The molecule has 1 aliphatic rings. The molecule has 1 saturated heterocycles. The Morgan fingerprint density at radius 1 is 1.04 bits per heavy atom. The Bertz CT molecular complexity index is 701. The van der Waals surface area contributed by atoms with Crippen LogP contribution < -0.4 is 5.32 Å². The molecule has 1 N–H and O–H groups in total. The summed E-state index contributed by atoms with van der Waals surface area (Å²) in [5, 5.41) is 2.75. The lowest BCUT2D eigenvalue weighted by atomic mass is 10.1. The Labute approximate surface area is 133 Å². The molecule has 1 aliphatic heterocycles. The topological polar surface area (TPSA) is 49.4 Å². The summed E-state index contributed by atoms with van der Waals surface area (Å²) < 4.78 is 12.9. The van der Waals surface area contributed by atoms with Gasteiger partial charge in [-0.15, -0.1) is 0 Å². The molecule has 2 aromatic carbocycles. The predicted octanol–water partition coefficient (Wildman–Crippen LogP) is 3.07. The van der Waals surface area contributed by atoms with Crippen LogP contribution in [0.4, 0.5) is 10.1 Å². The van der Waals surface area contributed by atoms with Gasteiger partial charge in [0.05, 0.1) is 0 Å². The first kappa shape index (κ1) is 15.2. The molecule has 0 aliphatic carbocycles. The van der Waals surface area contributed by atoms with E-state index in [1.807, 2.05) is 6.07 Å². The van der Waals surface area contributed by atoms with E-state index in [1.54, 1.807) is 29.2 Å². The van der Waals surface area contributed by atoms with E-state index in [1.165, 1.54) is 24.3 Å². The molecular formula is C18H17FN2O2. The third-order valence-electron chi connectivity index (χ3n) is 3.95. The number of carbonyl (C=O) groups excluding carboxylic acids is 2. The molecule has 1 atom stereocenters. The van der Waals surface area contributed by atoms with E-state index in [9.17, 15) is 14.0 Å². The van der Waals surface area contributed by atoms with Gasteiger partial charge in [0.1, 0.15) is 11.9 Å². The van der Waals surface area contributed by atoms with Gasteiger partial charge >= 0.3 is 0 Å². The van der Waals surface area contributed by atoms with Gasteiger partial charge in [0.2, 0.25) is 5.91 Å². The van der Waals surface area contributed by atoms with E-state index in [-0.39, 0.29) is 17.6 Å². The van der Waals surface area contributed by atoms with Crippen LogP contribution in [0.1, 0.15) is 23.2 Å². The second kappa shape index (κ2) is 6.60. The molecule has 1 unspecified atom stereocenters. The fraction of sp³-hybridized carbons (Fsp3) is 0.222. The van der Waals surface area contributed by atoms with Crippen LogP contribution in [0.5, 0.6) is 0 Å². The van der Waals surface area contributed by atoms with Crippen molar-refractivity contribution in [1.82, 2.24) is 4.90 Å². The number of halogens is 1. The molecule has 5 heteroatoms. The Balaban J connectivity index is 1.72. The first-order valence-electron chi connectivity index (χ1n) is 7.57. The van der Waals surface area contributed by atoms with Gasteiger partial charge in [-0.2, -0.15) is 0 Å². The zero-order valence-electron chi connectivity index (χ0n) is 12.5. The second-order valence-electron chi connectivity index (χ2n) is 5.52. The Morgan fingerprint density at radius 3 is 2.43 bits per heavy atom. The SMILES string of the molecule is O=C(Nc1ccc(F)cc1)C1CCCN1C(=O)c1ccccc1. The molecule has 1 fully saturated rings. The van der Waals surface area contributed by atoms with Gasteiger partial charge in [-0.3, -0.25) is 9.59 Å². The molecular weight excluding hydrogens is 295 g/mol. The third kappa shape index (κ3) is 3.39. The number of anilines is 1. The lowest BCUT2D eigenvalue weighted by Gasteiger charge is -2.24. The molecule has 0 radical (unpaired) electrons. The van der Waals surface area contributed by atoms with Gasteiger partial charge in [-0.25, -0.2) is 4.39 Å². The zero-order valence-corrected chi connectivity index (χ0v) is 12.5. The number of nitrogens with one attached hydrogen (secondary N) is 1. The molecule has 0 bridgehead atoms. The smallest absolute Gasteiger partial charge is 0.254 e. The van der Waals surface area contributed by atoms with Crippen molar-refractivity contribution in [3.05, 3.63) is 66.0 Å². The standard InChI is InChI=1S/C18H17FN2O2/c19-14-8-10-15(11-9-14)20-17(22)16-7-4-12-21(16)18(23)13-5-2-1-3-6-13/h1-3,5-6,8-11,16H,4,7,12H2,(H,20,22). The number of benzene rings is 2. The minimum Gasteiger partial charge on any atom is -0.327 e. The average Bonchev–Trinajstić information content (AvgIpc) is 3.07. The lowest BCUT2D eigenvalue weighted by molar-refractivity contribution is -0.119. The summed E-state index contributed by atoms with van der Waals surface area (Å²) in [6.45, 7) is 0.565. The molecule has 23 heavy (non-hydrogen) atoms. The van der Waals surface area contributed by atoms with Crippen LogP contribution in [-0.2, 0) is 4.79 Å².